The SMILES string of the molecule is O=C([C@@H]1C=C2c3cccc4[nH]cc(c34)C[C@H]2N(CC2CC2)C1)N1CCCC1. The molecule has 1 N–H and O–H groups in total. The van der Waals surface area contributed by atoms with E-state index in [1.54, 1.807) is 0 Å². The number of hydrogen-bond donors (Lipinski definition) is 1. The van der Waals surface area contributed by atoms with E-state index < -0.39 is 0 Å². The minimum absolute atomic E-state index is 0.0175. The summed E-state index contributed by atoms with van der Waals surface area (Å²) < 4.78 is 0. The highest BCUT2D eigenvalue weighted by atomic mass is 16.2. The van der Waals surface area contributed by atoms with E-state index >= 15 is 0 Å². The summed E-state index contributed by atoms with van der Waals surface area (Å²) in [5.41, 5.74) is 5.41. The molecule has 1 saturated heterocycles. The van der Waals surface area contributed by atoms with E-state index in [1.807, 2.05) is 0 Å². The van der Waals surface area contributed by atoms with Crippen LogP contribution in [0.25, 0.3) is 16.5 Å². The largest absolute Gasteiger partial charge is 0.361 e. The van der Waals surface area contributed by atoms with Crippen LogP contribution in [-0.4, -0.2) is 52.9 Å². The molecule has 2 aliphatic carbocycles. The predicted octanol–water partition coefficient (Wildman–Crippen LogP) is 3.44. The van der Waals surface area contributed by atoms with Crippen molar-refractivity contribution < 1.29 is 4.79 Å². The van der Waals surface area contributed by atoms with Gasteiger partial charge >= 0.3 is 0 Å². The minimum atomic E-state index is 0.0175. The van der Waals surface area contributed by atoms with Crippen LogP contribution >= 0.6 is 0 Å². The molecule has 3 heterocycles. The first-order valence-corrected chi connectivity index (χ1v) is 10.6. The van der Waals surface area contributed by atoms with Crippen molar-refractivity contribution in [2.75, 3.05) is 26.2 Å². The number of hydrogen-bond acceptors (Lipinski definition) is 2. The minimum Gasteiger partial charge on any atom is -0.361 e. The van der Waals surface area contributed by atoms with Crippen LogP contribution in [0.1, 0.15) is 36.8 Å². The second-order valence-corrected chi connectivity index (χ2v) is 8.92. The van der Waals surface area contributed by atoms with Crippen molar-refractivity contribution in [2.24, 2.45) is 11.8 Å². The Morgan fingerprint density at radius 3 is 2.85 bits per heavy atom. The summed E-state index contributed by atoms with van der Waals surface area (Å²) in [5, 5.41) is 1.38. The number of nitrogens with one attached hydrogen (secondary N) is 1. The molecule has 1 aromatic carbocycles. The maximum Gasteiger partial charge on any atom is 0.230 e. The molecule has 0 unspecified atom stereocenters. The lowest BCUT2D eigenvalue weighted by Gasteiger charge is -2.42. The highest BCUT2D eigenvalue weighted by Crippen LogP contribution is 2.43. The Kier molecular flexibility index (Phi) is 3.52. The highest BCUT2D eigenvalue weighted by molar-refractivity contribution is 5.99. The maximum atomic E-state index is 13.2. The zero-order valence-electron chi connectivity index (χ0n) is 15.8. The van der Waals surface area contributed by atoms with Crippen molar-refractivity contribution in [2.45, 2.75) is 38.1 Å². The molecule has 1 amide bonds. The molecule has 2 fully saturated rings. The van der Waals surface area contributed by atoms with Crippen molar-refractivity contribution in [1.82, 2.24) is 14.8 Å². The smallest absolute Gasteiger partial charge is 0.230 e. The number of rotatable bonds is 3. The summed E-state index contributed by atoms with van der Waals surface area (Å²) >= 11 is 0. The molecule has 2 aliphatic heterocycles. The molecule has 1 saturated carbocycles. The Hall–Kier alpha value is -2.07. The fourth-order valence-corrected chi connectivity index (χ4v) is 5.49. The van der Waals surface area contributed by atoms with Crippen molar-refractivity contribution in [3.8, 4) is 0 Å². The molecule has 6 rings (SSSR count). The lowest BCUT2D eigenvalue weighted by molar-refractivity contribution is -0.133. The van der Waals surface area contributed by atoms with Crippen LogP contribution in [0.4, 0.5) is 0 Å². The van der Waals surface area contributed by atoms with Gasteiger partial charge in [0, 0.05) is 49.3 Å². The number of fused-ring (bicyclic) bond motifs is 2. The van der Waals surface area contributed by atoms with E-state index in [4.69, 9.17) is 0 Å². The number of nitrogens with zero attached hydrogens (tertiary/aromatic N) is 2. The van der Waals surface area contributed by atoms with Crippen molar-refractivity contribution in [3.05, 3.63) is 41.6 Å². The summed E-state index contributed by atoms with van der Waals surface area (Å²) in [6, 6.07) is 7.01. The van der Waals surface area contributed by atoms with Crippen LogP contribution in [0, 0.1) is 11.8 Å². The summed E-state index contributed by atoms with van der Waals surface area (Å²) in [6.45, 7) is 3.95. The lowest BCUT2D eigenvalue weighted by Crippen LogP contribution is -2.49. The van der Waals surface area contributed by atoms with Gasteiger partial charge in [-0.3, -0.25) is 9.69 Å². The van der Waals surface area contributed by atoms with Gasteiger partial charge in [-0.15, -0.1) is 0 Å². The summed E-state index contributed by atoms with van der Waals surface area (Å²) in [6.07, 6.45) is 10.6. The van der Waals surface area contributed by atoms with Gasteiger partial charge in [0.05, 0.1) is 5.92 Å². The van der Waals surface area contributed by atoms with E-state index in [9.17, 15) is 4.79 Å². The first kappa shape index (κ1) is 15.9. The fourth-order valence-electron chi connectivity index (χ4n) is 5.49. The second-order valence-electron chi connectivity index (χ2n) is 8.92. The quantitative estimate of drug-likeness (QED) is 0.910. The Morgan fingerprint density at radius 2 is 2.04 bits per heavy atom. The first-order chi connectivity index (χ1) is 13.3. The van der Waals surface area contributed by atoms with Crippen molar-refractivity contribution >= 4 is 22.4 Å². The number of carbonyl (C=O) groups is 1. The number of amides is 1. The van der Waals surface area contributed by atoms with Gasteiger partial charge in [0.25, 0.3) is 0 Å². The highest BCUT2D eigenvalue weighted by Gasteiger charge is 2.40. The molecule has 1 aromatic heterocycles. The normalized spacial score (nSPS) is 27.7. The predicted molar refractivity (Wildman–Crippen MR) is 107 cm³/mol. The molecule has 2 aromatic rings. The molecule has 4 heteroatoms. The molecule has 0 spiro atoms. The van der Waals surface area contributed by atoms with Gasteiger partial charge in [-0.05, 0) is 60.8 Å². The molecule has 0 bridgehead atoms. The van der Waals surface area contributed by atoms with Crippen LogP contribution in [0.3, 0.4) is 0 Å². The Balaban J connectivity index is 1.43. The van der Waals surface area contributed by atoms with Gasteiger partial charge in [0.15, 0.2) is 0 Å². The lowest BCUT2D eigenvalue weighted by atomic mass is 9.79. The monoisotopic (exact) mass is 361 g/mol. The zero-order valence-corrected chi connectivity index (χ0v) is 15.8. The standard InChI is InChI=1S/C23H27N3O/c27-23(25-8-1-2-9-25)17-10-19-18-4-3-5-20-22(18)16(12-24-20)11-21(19)26(14-17)13-15-6-7-15/h3-5,10,12,15,17,21,24H,1-2,6-9,11,13-14H2/t17-,21-/m1/s1. The molecule has 2 atom stereocenters. The van der Waals surface area contributed by atoms with Crippen molar-refractivity contribution in [3.63, 3.8) is 0 Å². The maximum absolute atomic E-state index is 13.2. The summed E-state index contributed by atoms with van der Waals surface area (Å²) in [4.78, 5) is 21.4. The van der Waals surface area contributed by atoms with Gasteiger partial charge < -0.3 is 9.88 Å². The topological polar surface area (TPSA) is 39.3 Å². The second kappa shape index (κ2) is 5.96. The number of aromatic nitrogens is 1. The average Bonchev–Trinajstić information content (AvgIpc) is 3.18. The third-order valence-corrected chi connectivity index (χ3v) is 7.05. The summed E-state index contributed by atoms with van der Waals surface area (Å²) in [7, 11) is 0. The number of H-pyrrole nitrogens is 1. The Labute approximate surface area is 160 Å². The molecule has 4 aliphatic rings. The van der Waals surface area contributed by atoms with Crippen LogP contribution in [0.15, 0.2) is 30.5 Å². The number of likely N-dealkylation sites (tertiary alicyclic amines) is 1. The molecule has 140 valence electrons. The first-order valence-electron chi connectivity index (χ1n) is 10.6. The van der Waals surface area contributed by atoms with E-state index in [1.165, 1.54) is 40.4 Å². The van der Waals surface area contributed by atoms with Gasteiger partial charge in [-0.2, -0.15) is 0 Å². The van der Waals surface area contributed by atoms with Gasteiger partial charge in [0.2, 0.25) is 5.91 Å². The molecule has 4 nitrogen and oxygen atoms in total. The number of aromatic amines is 1. The Morgan fingerprint density at radius 1 is 1.19 bits per heavy atom. The third kappa shape index (κ3) is 2.57. The number of benzene rings is 1. The fraction of sp³-hybridized carbons (Fsp3) is 0.522. The molecular weight excluding hydrogens is 334 g/mol. The van der Waals surface area contributed by atoms with E-state index in [2.05, 4.69) is 45.3 Å². The van der Waals surface area contributed by atoms with E-state index in [-0.39, 0.29) is 5.92 Å². The van der Waals surface area contributed by atoms with Gasteiger partial charge in [0.1, 0.15) is 0 Å². The molecular formula is C23H27N3O. The Bertz CT molecular complexity index is 932. The van der Waals surface area contributed by atoms with E-state index in [0.717, 1.165) is 51.4 Å². The summed E-state index contributed by atoms with van der Waals surface area (Å²) in [5.74, 6) is 1.21. The van der Waals surface area contributed by atoms with Crippen LogP contribution < -0.4 is 0 Å². The molecule has 27 heavy (non-hydrogen) atoms. The van der Waals surface area contributed by atoms with Gasteiger partial charge in [-0.1, -0.05) is 18.2 Å². The van der Waals surface area contributed by atoms with E-state index in [0.29, 0.717) is 11.9 Å². The van der Waals surface area contributed by atoms with Crippen LogP contribution in [0.5, 0.6) is 0 Å². The number of carbonyl (C=O) groups excluding carboxylic acids is 1. The van der Waals surface area contributed by atoms with Gasteiger partial charge in [-0.25, -0.2) is 0 Å². The van der Waals surface area contributed by atoms with Crippen LogP contribution in [-0.2, 0) is 11.2 Å². The molecule has 0 radical (unpaired) electrons. The third-order valence-electron chi connectivity index (χ3n) is 7.05. The van der Waals surface area contributed by atoms with Crippen LogP contribution in [0.2, 0.25) is 0 Å². The zero-order chi connectivity index (χ0) is 18.0. The van der Waals surface area contributed by atoms with Crippen molar-refractivity contribution in [1.29, 1.82) is 0 Å². The average molecular weight is 361 g/mol.